The minimum atomic E-state index is -4.83. The number of nitrogens with one attached hydrogen (secondary N) is 2. The van der Waals surface area contributed by atoms with Crippen molar-refractivity contribution in [3.63, 3.8) is 0 Å². The lowest BCUT2D eigenvalue weighted by atomic mass is 10.2. The van der Waals surface area contributed by atoms with Crippen LogP contribution in [0.3, 0.4) is 0 Å². The molecule has 1 aliphatic rings. The quantitative estimate of drug-likeness (QED) is 0.301. The number of alkyl halides is 3. The van der Waals surface area contributed by atoms with Gasteiger partial charge in [0.1, 0.15) is 5.75 Å². The smallest absolute Gasteiger partial charge is 0.406 e. The number of nitrogens with zero attached hydrogens (tertiary/aromatic N) is 3. The normalized spacial score (nSPS) is 15.5. The Hall–Kier alpha value is -2.64. The molecule has 4 rings (SSSR count). The van der Waals surface area contributed by atoms with E-state index in [-0.39, 0.29) is 11.4 Å². The fraction of sp³-hybridized carbons (Fsp3) is 0.423. The third-order valence-electron chi connectivity index (χ3n) is 6.45. The molecule has 3 aromatic rings. The summed E-state index contributed by atoms with van der Waals surface area (Å²) in [4.78, 5) is 8.99. The molecule has 2 aromatic carbocycles. The zero-order valence-corrected chi connectivity index (χ0v) is 22.8. The first-order chi connectivity index (χ1) is 18.6. The lowest BCUT2D eigenvalue weighted by Gasteiger charge is -2.34. The van der Waals surface area contributed by atoms with Crippen LogP contribution in [0.25, 0.3) is 10.9 Å². The SMILES string of the molecule is O=S(=O)(NCCCN1CCN(CCCNc2ccnc3cc(Cl)ccc23)CC1)c1ccc(OC(F)(F)F)cc1. The van der Waals surface area contributed by atoms with Crippen LogP contribution in [0.5, 0.6) is 5.75 Å². The average Bonchev–Trinajstić information content (AvgIpc) is 2.89. The van der Waals surface area contributed by atoms with E-state index in [1.54, 1.807) is 6.20 Å². The van der Waals surface area contributed by atoms with Gasteiger partial charge in [0.2, 0.25) is 10.0 Å². The molecular weight excluding hydrogens is 555 g/mol. The summed E-state index contributed by atoms with van der Waals surface area (Å²) >= 11 is 6.06. The van der Waals surface area contributed by atoms with Crippen LogP contribution in [-0.2, 0) is 10.0 Å². The number of halogens is 4. The number of anilines is 1. The predicted octanol–water partition coefficient (Wildman–Crippen LogP) is 4.58. The lowest BCUT2D eigenvalue weighted by Crippen LogP contribution is -2.47. The zero-order valence-electron chi connectivity index (χ0n) is 21.3. The molecule has 1 aromatic heterocycles. The van der Waals surface area contributed by atoms with Gasteiger partial charge in [-0.3, -0.25) is 4.98 Å². The van der Waals surface area contributed by atoms with Crippen molar-refractivity contribution in [1.82, 2.24) is 19.5 Å². The number of fused-ring (bicyclic) bond motifs is 1. The first-order valence-electron chi connectivity index (χ1n) is 12.7. The van der Waals surface area contributed by atoms with Crippen molar-refractivity contribution >= 4 is 38.2 Å². The third kappa shape index (κ3) is 8.94. The van der Waals surface area contributed by atoms with Crippen LogP contribution >= 0.6 is 11.6 Å². The van der Waals surface area contributed by atoms with Crippen LogP contribution in [0.2, 0.25) is 5.02 Å². The Bertz CT molecular complexity index is 1330. The molecule has 13 heteroatoms. The second-order valence-electron chi connectivity index (χ2n) is 9.25. The number of ether oxygens (including phenoxy) is 1. The molecule has 0 amide bonds. The maximum absolute atomic E-state index is 12.4. The third-order valence-corrected chi connectivity index (χ3v) is 8.16. The largest absolute Gasteiger partial charge is 0.573 e. The summed E-state index contributed by atoms with van der Waals surface area (Å²) in [5, 5.41) is 5.21. The van der Waals surface area contributed by atoms with Gasteiger partial charge >= 0.3 is 6.36 Å². The molecule has 212 valence electrons. The fourth-order valence-electron chi connectivity index (χ4n) is 4.45. The summed E-state index contributed by atoms with van der Waals surface area (Å²) in [7, 11) is -3.81. The molecule has 1 saturated heterocycles. The van der Waals surface area contributed by atoms with Crippen LogP contribution in [0.15, 0.2) is 59.6 Å². The molecule has 1 aliphatic heterocycles. The Morgan fingerprint density at radius 3 is 2.21 bits per heavy atom. The molecule has 0 saturated carbocycles. The monoisotopic (exact) mass is 585 g/mol. The highest BCUT2D eigenvalue weighted by Gasteiger charge is 2.31. The highest BCUT2D eigenvalue weighted by Crippen LogP contribution is 2.25. The summed E-state index contributed by atoms with van der Waals surface area (Å²) in [6.07, 6.45) is -1.42. The maximum atomic E-state index is 12.4. The van der Waals surface area contributed by atoms with Crippen LogP contribution in [0, 0.1) is 0 Å². The number of hydrogen-bond donors (Lipinski definition) is 2. The van der Waals surface area contributed by atoms with Crippen molar-refractivity contribution in [2.45, 2.75) is 24.1 Å². The molecule has 0 unspecified atom stereocenters. The van der Waals surface area contributed by atoms with Gasteiger partial charge in [-0.2, -0.15) is 0 Å². The van der Waals surface area contributed by atoms with Crippen molar-refractivity contribution < 1.29 is 26.3 Å². The Morgan fingerprint density at radius 1 is 0.923 bits per heavy atom. The van der Waals surface area contributed by atoms with Gasteiger partial charge in [0, 0.05) is 61.6 Å². The van der Waals surface area contributed by atoms with E-state index in [4.69, 9.17) is 11.6 Å². The topological polar surface area (TPSA) is 86.8 Å². The summed E-state index contributed by atoms with van der Waals surface area (Å²) in [5.41, 5.74) is 1.91. The standard InChI is InChI=1S/C26H31ClF3N5O3S/c27-20-3-8-23-24(9-12-32-25(23)19-20)31-10-1-13-34-15-17-35(18-16-34)14-2-11-33-39(36,37)22-6-4-21(5-7-22)38-26(28,29)30/h3-9,12,19,33H,1-2,10-11,13-18H2,(H,31,32). The number of sulfonamides is 1. The molecule has 2 heterocycles. The molecule has 0 spiro atoms. The van der Waals surface area contributed by atoms with E-state index in [0.717, 1.165) is 93.1 Å². The molecule has 39 heavy (non-hydrogen) atoms. The molecule has 0 atom stereocenters. The molecule has 0 radical (unpaired) electrons. The number of piperazine rings is 1. The Balaban J connectivity index is 1.10. The second-order valence-corrected chi connectivity index (χ2v) is 11.5. The van der Waals surface area contributed by atoms with Gasteiger partial charge in [0.25, 0.3) is 0 Å². The summed E-state index contributed by atoms with van der Waals surface area (Å²) < 4.78 is 67.9. The zero-order chi connectivity index (χ0) is 27.9. The number of benzene rings is 2. The predicted molar refractivity (Wildman–Crippen MR) is 146 cm³/mol. The molecule has 0 bridgehead atoms. The minimum absolute atomic E-state index is 0.110. The Morgan fingerprint density at radius 2 is 1.56 bits per heavy atom. The number of hydrogen-bond acceptors (Lipinski definition) is 7. The molecule has 2 N–H and O–H groups in total. The summed E-state index contributed by atoms with van der Waals surface area (Å²) in [5.74, 6) is -0.468. The molecule has 1 fully saturated rings. The van der Waals surface area contributed by atoms with Crippen LogP contribution < -0.4 is 14.8 Å². The number of aromatic nitrogens is 1. The van der Waals surface area contributed by atoms with E-state index in [0.29, 0.717) is 11.4 Å². The first kappa shape index (κ1) is 29.3. The van der Waals surface area contributed by atoms with E-state index in [2.05, 4.69) is 29.6 Å². The van der Waals surface area contributed by atoms with Crippen molar-refractivity contribution in [3.05, 3.63) is 59.8 Å². The van der Waals surface area contributed by atoms with Gasteiger partial charge in [0.05, 0.1) is 10.4 Å². The minimum Gasteiger partial charge on any atom is -0.406 e. The highest BCUT2D eigenvalue weighted by molar-refractivity contribution is 7.89. The van der Waals surface area contributed by atoms with Crippen molar-refractivity contribution in [3.8, 4) is 5.75 Å². The van der Waals surface area contributed by atoms with Crippen LogP contribution in [0.1, 0.15) is 12.8 Å². The van der Waals surface area contributed by atoms with Gasteiger partial charge < -0.3 is 19.9 Å². The molecular formula is C26H31ClF3N5O3S. The maximum Gasteiger partial charge on any atom is 0.573 e. The van der Waals surface area contributed by atoms with Gasteiger partial charge in [-0.15, -0.1) is 13.2 Å². The Kier molecular flexibility index (Phi) is 9.89. The van der Waals surface area contributed by atoms with E-state index in [1.165, 1.54) is 0 Å². The summed E-state index contributed by atoms with van der Waals surface area (Å²) in [6.45, 7) is 6.57. The van der Waals surface area contributed by atoms with Crippen LogP contribution in [-0.4, -0.2) is 81.9 Å². The van der Waals surface area contributed by atoms with Crippen LogP contribution in [0.4, 0.5) is 18.9 Å². The van der Waals surface area contributed by atoms with E-state index >= 15 is 0 Å². The van der Waals surface area contributed by atoms with E-state index in [1.807, 2.05) is 24.3 Å². The van der Waals surface area contributed by atoms with Gasteiger partial charge in [-0.1, -0.05) is 11.6 Å². The number of pyridine rings is 1. The van der Waals surface area contributed by atoms with Gasteiger partial charge in [0.15, 0.2) is 0 Å². The molecule has 8 nitrogen and oxygen atoms in total. The highest BCUT2D eigenvalue weighted by atomic mass is 35.5. The van der Waals surface area contributed by atoms with Gasteiger partial charge in [-0.25, -0.2) is 13.1 Å². The van der Waals surface area contributed by atoms with Crippen molar-refractivity contribution in [2.75, 3.05) is 57.7 Å². The van der Waals surface area contributed by atoms with Crippen molar-refractivity contribution in [2.24, 2.45) is 0 Å². The van der Waals surface area contributed by atoms with E-state index in [9.17, 15) is 21.6 Å². The first-order valence-corrected chi connectivity index (χ1v) is 14.5. The number of rotatable bonds is 12. The average molecular weight is 586 g/mol. The van der Waals surface area contributed by atoms with Crippen molar-refractivity contribution in [1.29, 1.82) is 0 Å². The van der Waals surface area contributed by atoms with Gasteiger partial charge in [-0.05, 0) is 74.5 Å². The fourth-order valence-corrected chi connectivity index (χ4v) is 5.69. The Labute approximate surface area is 231 Å². The lowest BCUT2D eigenvalue weighted by molar-refractivity contribution is -0.274. The molecule has 0 aliphatic carbocycles. The summed E-state index contributed by atoms with van der Waals surface area (Å²) in [6, 6.07) is 11.8. The van der Waals surface area contributed by atoms with E-state index < -0.39 is 22.1 Å². The second kappa shape index (κ2) is 13.1.